The number of carbonyl (C=O) groups is 1. The number of carbonyl (C=O) groups excluding carboxylic acids is 1. The van der Waals surface area contributed by atoms with Crippen molar-refractivity contribution in [1.82, 2.24) is 0 Å². The topological polar surface area (TPSA) is 64.3 Å². The van der Waals surface area contributed by atoms with Gasteiger partial charge in [0.05, 0.1) is 15.7 Å². The maximum atomic E-state index is 11.9. The van der Waals surface area contributed by atoms with Crippen LogP contribution in [0.15, 0.2) is 36.4 Å². The van der Waals surface area contributed by atoms with Crippen molar-refractivity contribution in [2.75, 3.05) is 17.7 Å². The molecule has 2 rings (SSSR count). The first-order valence-corrected chi connectivity index (χ1v) is 6.96. The van der Waals surface area contributed by atoms with E-state index in [4.69, 9.17) is 33.7 Å². The third-order valence-corrected chi connectivity index (χ3v) is 3.41. The van der Waals surface area contributed by atoms with Crippen molar-refractivity contribution >= 4 is 40.5 Å². The molecule has 0 radical (unpaired) electrons. The van der Waals surface area contributed by atoms with Gasteiger partial charge < -0.3 is 15.8 Å². The fourth-order valence-corrected chi connectivity index (χ4v) is 2.26. The van der Waals surface area contributed by atoms with E-state index in [9.17, 15) is 4.79 Å². The van der Waals surface area contributed by atoms with Crippen molar-refractivity contribution in [3.63, 3.8) is 0 Å². The lowest BCUT2D eigenvalue weighted by Crippen LogP contribution is -2.20. The van der Waals surface area contributed by atoms with Crippen LogP contribution in [0.4, 0.5) is 11.4 Å². The summed E-state index contributed by atoms with van der Waals surface area (Å²) in [6, 6.07) is 10.2. The minimum absolute atomic E-state index is 0.147. The smallest absolute Gasteiger partial charge is 0.262 e. The molecule has 2 aromatic rings. The van der Waals surface area contributed by atoms with E-state index in [2.05, 4.69) is 5.32 Å². The highest BCUT2D eigenvalue weighted by molar-refractivity contribution is 6.39. The highest BCUT2D eigenvalue weighted by atomic mass is 35.5. The molecule has 0 saturated heterocycles. The Labute approximate surface area is 132 Å². The van der Waals surface area contributed by atoms with Gasteiger partial charge in [0.15, 0.2) is 6.61 Å². The van der Waals surface area contributed by atoms with Crippen molar-refractivity contribution in [3.8, 4) is 5.75 Å². The largest absolute Gasteiger partial charge is 0.483 e. The first-order chi connectivity index (χ1) is 9.97. The number of halogens is 2. The standard InChI is InChI=1S/C15H14Cl2N2O2/c1-9-7-10(18)5-6-13(9)21-8-14(20)19-15-11(16)3-2-4-12(15)17/h2-7H,8,18H2,1H3,(H,19,20). The maximum absolute atomic E-state index is 11.9. The quantitative estimate of drug-likeness (QED) is 0.838. The van der Waals surface area contributed by atoms with Crippen LogP contribution in [-0.4, -0.2) is 12.5 Å². The molecule has 0 aromatic heterocycles. The summed E-state index contributed by atoms with van der Waals surface area (Å²) in [7, 11) is 0. The fraction of sp³-hybridized carbons (Fsp3) is 0.133. The molecule has 3 N–H and O–H groups in total. The first kappa shape index (κ1) is 15.5. The van der Waals surface area contributed by atoms with Crippen LogP contribution in [0.5, 0.6) is 5.75 Å². The Morgan fingerprint density at radius 1 is 1.24 bits per heavy atom. The van der Waals surface area contributed by atoms with Gasteiger partial charge in [0.2, 0.25) is 0 Å². The van der Waals surface area contributed by atoms with E-state index in [0.29, 0.717) is 27.2 Å². The van der Waals surface area contributed by atoms with Crippen molar-refractivity contribution in [1.29, 1.82) is 0 Å². The number of nitrogen functional groups attached to an aromatic ring is 1. The molecule has 4 nitrogen and oxygen atoms in total. The number of nitrogens with two attached hydrogens (primary N) is 1. The molecule has 0 aliphatic carbocycles. The van der Waals surface area contributed by atoms with Crippen molar-refractivity contribution in [2.45, 2.75) is 6.92 Å². The monoisotopic (exact) mass is 324 g/mol. The van der Waals surface area contributed by atoms with Crippen LogP contribution < -0.4 is 15.8 Å². The van der Waals surface area contributed by atoms with Gasteiger partial charge in [-0.1, -0.05) is 29.3 Å². The summed E-state index contributed by atoms with van der Waals surface area (Å²) in [5, 5.41) is 3.38. The molecule has 2 aromatic carbocycles. The van der Waals surface area contributed by atoms with Gasteiger partial charge in [0.25, 0.3) is 5.91 Å². The predicted molar refractivity (Wildman–Crippen MR) is 86.2 cm³/mol. The Bertz CT molecular complexity index is 654. The molecule has 0 atom stereocenters. The van der Waals surface area contributed by atoms with Gasteiger partial charge in [-0.15, -0.1) is 0 Å². The van der Waals surface area contributed by atoms with E-state index in [1.54, 1.807) is 36.4 Å². The summed E-state index contributed by atoms with van der Waals surface area (Å²) < 4.78 is 5.45. The number of nitrogens with one attached hydrogen (secondary N) is 1. The molecule has 0 bridgehead atoms. The Morgan fingerprint density at radius 3 is 2.52 bits per heavy atom. The number of para-hydroxylation sites is 1. The summed E-state index contributed by atoms with van der Waals surface area (Å²) in [5.41, 5.74) is 7.54. The zero-order valence-corrected chi connectivity index (χ0v) is 12.8. The second kappa shape index (κ2) is 6.70. The molecule has 0 spiro atoms. The van der Waals surface area contributed by atoms with Gasteiger partial charge in [-0.25, -0.2) is 0 Å². The predicted octanol–water partition coefficient (Wildman–Crippen LogP) is 3.90. The number of hydrogen-bond donors (Lipinski definition) is 2. The normalized spacial score (nSPS) is 10.2. The molecule has 21 heavy (non-hydrogen) atoms. The molecule has 1 amide bonds. The summed E-state index contributed by atoms with van der Waals surface area (Å²) in [6.07, 6.45) is 0. The van der Waals surface area contributed by atoms with Crippen LogP contribution in [0, 0.1) is 6.92 Å². The average molecular weight is 325 g/mol. The van der Waals surface area contributed by atoms with Crippen LogP contribution in [0.2, 0.25) is 10.0 Å². The molecular weight excluding hydrogens is 311 g/mol. The number of amides is 1. The number of rotatable bonds is 4. The van der Waals surface area contributed by atoms with Gasteiger partial charge in [-0.2, -0.15) is 0 Å². The van der Waals surface area contributed by atoms with Crippen molar-refractivity contribution in [3.05, 3.63) is 52.0 Å². The first-order valence-electron chi connectivity index (χ1n) is 6.20. The van der Waals surface area contributed by atoms with E-state index in [1.807, 2.05) is 6.92 Å². The van der Waals surface area contributed by atoms with Crippen LogP contribution in [-0.2, 0) is 4.79 Å². The van der Waals surface area contributed by atoms with Gasteiger partial charge >= 0.3 is 0 Å². The second-order valence-electron chi connectivity index (χ2n) is 4.46. The van der Waals surface area contributed by atoms with Gasteiger partial charge in [-0.3, -0.25) is 4.79 Å². The van der Waals surface area contributed by atoms with Gasteiger partial charge in [0, 0.05) is 5.69 Å². The van der Waals surface area contributed by atoms with E-state index < -0.39 is 0 Å². The van der Waals surface area contributed by atoms with Crippen LogP contribution in [0.1, 0.15) is 5.56 Å². The third kappa shape index (κ3) is 4.03. The van der Waals surface area contributed by atoms with Crippen LogP contribution in [0.25, 0.3) is 0 Å². The van der Waals surface area contributed by atoms with Crippen LogP contribution in [0.3, 0.4) is 0 Å². The maximum Gasteiger partial charge on any atom is 0.262 e. The highest BCUT2D eigenvalue weighted by Gasteiger charge is 2.10. The fourth-order valence-electron chi connectivity index (χ4n) is 1.77. The number of hydrogen-bond acceptors (Lipinski definition) is 3. The van der Waals surface area contributed by atoms with Crippen LogP contribution >= 0.6 is 23.2 Å². The Kier molecular flexibility index (Phi) is 4.94. The molecule has 0 unspecified atom stereocenters. The number of benzene rings is 2. The molecule has 110 valence electrons. The highest BCUT2D eigenvalue weighted by Crippen LogP contribution is 2.29. The summed E-state index contributed by atoms with van der Waals surface area (Å²) in [4.78, 5) is 11.9. The Hall–Kier alpha value is -1.91. The molecular formula is C15H14Cl2N2O2. The van der Waals surface area contributed by atoms with E-state index in [0.717, 1.165) is 5.56 Å². The van der Waals surface area contributed by atoms with Gasteiger partial charge in [-0.05, 0) is 42.8 Å². The van der Waals surface area contributed by atoms with Crippen molar-refractivity contribution < 1.29 is 9.53 Å². The SMILES string of the molecule is Cc1cc(N)ccc1OCC(=O)Nc1c(Cl)cccc1Cl. The Morgan fingerprint density at radius 2 is 1.90 bits per heavy atom. The van der Waals surface area contributed by atoms with E-state index >= 15 is 0 Å². The number of anilines is 2. The zero-order valence-electron chi connectivity index (χ0n) is 11.3. The zero-order chi connectivity index (χ0) is 15.4. The molecule has 0 heterocycles. The second-order valence-corrected chi connectivity index (χ2v) is 5.27. The van der Waals surface area contributed by atoms with Gasteiger partial charge in [0.1, 0.15) is 5.75 Å². The number of aryl methyl sites for hydroxylation is 1. The minimum Gasteiger partial charge on any atom is -0.483 e. The Balaban J connectivity index is 1.99. The molecule has 6 heteroatoms. The van der Waals surface area contributed by atoms with E-state index in [-0.39, 0.29) is 12.5 Å². The lowest BCUT2D eigenvalue weighted by Gasteiger charge is -2.11. The summed E-state index contributed by atoms with van der Waals surface area (Å²) in [6.45, 7) is 1.71. The lowest BCUT2D eigenvalue weighted by molar-refractivity contribution is -0.118. The summed E-state index contributed by atoms with van der Waals surface area (Å²) in [5.74, 6) is 0.255. The molecule has 0 fully saturated rings. The molecule has 0 aliphatic rings. The van der Waals surface area contributed by atoms with E-state index in [1.165, 1.54) is 0 Å². The minimum atomic E-state index is -0.346. The van der Waals surface area contributed by atoms with Crippen molar-refractivity contribution in [2.24, 2.45) is 0 Å². The average Bonchev–Trinajstić information content (AvgIpc) is 2.42. The summed E-state index contributed by atoms with van der Waals surface area (Å²) >= 11 is 12.0. The number of ether oxygens (including phenoxy) is 1. The lowest BCUT2D eigenvalue weighted by atomic mass is 10.2. The molecule has 0 saturated carbocycles. The molecule has 0 aliphatic heterocycles. The third-order valence-electron chi connectivity index (χ3n) is 2.78.